The Morgan fingerprint density at radius 3 is 2.12 bits per heavy atom. The zero-order chi connectivity index (χ0) is 24.0. The number of benzene rings is 2. The summed E-state index contributed by atoms with van der Waals surface area (Å²) in [6.45, 7) is 5.24. The number of amides is 2. The first-order valence-electron chi connectivity index (χ1n) is 11.5. The van der Waals surface area contributed by atoms with Crippen LogP contribution in [-0.2, 0) is 14.3 Å². The fraction of sp³-hybridized carbons (Fsp3) is 0.423. The molecule has 2 aromatic rings. The number of carbonyl (C=O) groups is 3. The van der Waals surface area contributed by atoms with Crippen LogP contribution in [0.5, 0.6) is 0 Å². The number of unbranched alkanes of at least 4 members (excludes halogenated alkanes) is 1. The molecule has 0 aromatic heterocycles. The third-order valence-electron chi connectivity index (χ3n) is 5.99. The van der Waals surface area contributed by atoms with E-state index in [4.69, 9.17) is 4.74 Å². The quantitative estimate of drug-likeness (QED) is 0.557. The summed E-state index contributed by atoms with van der Waals surface area (Å²) in [6.07, 6.45) is 1.31. The molecule has 0 radical (unpaired) electrons. The average molecular weight is 453 g/mol. The van der Waals surface area contributed by atoms with Gasteiger partial charge in [-0.25, -0.2) is 4.79 Å². The number of carboxylic acid groups (broad SMARTS) is 1. The molecule has 1 aliphatic rings. The molecule has 2 N–H and O–H groups in total. The van der Waals surface area contributed by atoms with Crippen LogP contribution in [0.2, 0.25) is 0 Å². The summed E-state index contributed by atoms with van der Waals surface area (Å²) in [4.78, 5) is 38.2. The topological polar surface area (TPSA) is 95.9 Å². The standard InChI is InChI=1S/C26H32N2O5/c1-4-5-14-23(25(31)28(17(2)3)15-24(29)30)27-26(32)33-16-22-20-12-8-6-10-18(20)19-11-7-9-13-21(19)22/h6-13,17,22-23H,4-5,14-16H2,1-3H3,(H,27,32)(H,29,30)/t23-/m0/s1. The lowest BCUT2D eigenvalue weighted by molar-refractivity contribution is -0.146. The van der Waals surface area contributed by atoms with Gasteiger partial charge in [0.15, 0.2) is 0 Å². The largest absolute Gasteiger partial charge is 0.480 e. The smallest absolute Gasteiger partial charge is 0.407 e. The maximum absolute atomic E-state index is 13.0. The highest BCUT2D eigenvalue weighted by Gasteiger charge is 2.31. The molecule has 0 aliphatic heterocycles. The van der Waals surface area contributed by atoms with E-state index in [0.717, 1.165) is 35.1 Å². The molecule has 0 spiro atoms. The summed E-state index contributed by atoms with van der Waals surface area (Å²) >= 11 is 0. The van der Waals surface area contributed by atoms with Crippen molar-refractivity contribution >= 4 is 18.0 Å². The molecule has 0 saturated heterocycles. The summed E-state index contributed by atoms with van der Waals surface area (Å²) in [6, 6.07) is 15.0. The van der Waals surface area contributed by atoms with Crippen LogP contribution in [0.25, 0.3) is 11.1 Å². The van der Waals surface area contributed by atoms with Gasteiger partial charge in [-0.1, -0.05) is 68.3 Å². The predicted molar refractivity (Wildman–Crippen MR) is 126 cm³/mol. The van der Waals surface area contributed by atoms with Crippen LogP contribution in [0, 0.1) is 0 Å². The van der Waals surface area contributed by atoms with Crippen molar-refractivity contribution in [2.24, 2.45) is 0 Å². The van der Waals surface area contributed by atoms with Crippen LogP contribution >= 0.6 is 0 Å². The molecule has 1 atom stereocenters. The Balaban J connectivity index is 1.70. The number of carboxylic acids is 1. The molecule has 7 nitrogen and oxygen atoms in total. The molecule has 33 heavy (non-hydrogen) atoms. The van der Waals surface area contributed by atoms with E-state index >= 15 is 0 Å². The molecular weight excluding hydrogens is 420 g/mol. The van der Waals surface area contributed by atoms with E-state index in [9.17, 15) is 19.5 Å². The number of aliphatic carboxylic acids is 1. The summed E-state index contributed by atoms with van der Waals surface area (Å²) in [7, 11) is 0. The second-order valence-electron chi connectivity index (χ2n) is 8.62. The second-order valence-corrected chi connectivity index (χ2v) is 8.62. The van der Waals surface area contributed by atoms with Gasteiger partial charge in [0.25, 0.3) is 0 Å². The SMILES string of the molecule is CCCC[C@H](NC(=O)OCC1c2ccccc2-c2ccccc21)C(=O)N(CC(=O)O)C(C)C. The first-order valence-corrected chi connectivity index (χ1v) is 11.5. The normalized spacial score (nSPS) is 13.2. The number of nitrogens with one attached hydrogen (secondary N) is 1. The first-order chi connectivity index (χ1) is 15.8. The fourth-order valence-electron chi connectivity index (χ4n) is 4.31. The molecular formula is C26H32N2O5. The highest BCUT2D eigenvalue weighted by molar-refractivity contribution is 5.88. The number of ether oxygens (including phenoxy) is 1. The van der Waals surface area contributed by atoms with E-state index in [0.29, 0.717) is 6.42 Å². The lowest BCUT2D eigenvalue weighted by Crippen LogP contribution is -2.52. The van der Waals surface area contributed by atoms with Gasteiger partial charge in [-0.15, -0.1) is 0 Å². The van der Waals surface area contributed by atoms with Crippen molar-refractivity contribution in [2.75, 3.05) is 13.2 Å². The minimum absolute atomic E-state index is 0.0767. The van der Waals surface area contributed by atoms with Gasteiger partial charge in [-0.2, -0.15) is 0 Å². The van der Waals surface area contributed by atoms with Gasteiger partial charge in [-0.05, 0) is 42.5 Å². The average Bonchev–Trinajstić information content (AvgIpc) is 3.12. The number of nitrogens with zero attached hydrogens (tertiary/aromatic N) is 1. The second kappa shape index (κ2) is 11.0. The molecule has 0 fully saturated rings. The van der Waals surface area contributed by atoms with E-state index in [1.807, 2.05) is 43.3 Å². The molecule has 0 saturated carbocycles. The first kappa shape index (κ1) is 24.3. The van der Waals surface area contributed by atoms with Crippen molar-refractivity contribution in [3.8, 4) is 11.1 Å². The van der Waals surface area contributed by atoms with Crippen molar-refractivity contribution in [3.63, 3.8) is 0 Å². The number of carbonyl (C=O) groups excluding carboxylic acids is 2. The lowest BCUT2D eigenvalue weighted by atomic mass is 9.98. The number of fused-ring (bicyclic) bond motifs is 3. The van der Waals surface area contributed by atoms with Crippen molar-refractivity contribution in [1.29, 1.82) is 0 Å². The minimum atomic E-state index is -1.09. The van der Waals surface area contributed by atoms with E-state index < -0.39 is 30.6 Å². The Morgan fingerprint density at radius 1 is 1.03 bits per heavy atom. The maximum Gasteiger partial charge on any atom is 0.407 e. The molecule has 0 heterocycles. The van der Waals surface area contributed by atoms with Gasteiger partial charge >= 0.3 is 12.1 Å². The molecule has 176 valence electrons. The van der Waals surface area contributed by atoms with Gasteiger partial charge in [0, 0.05) is 12.0 Å². The minimum Gasteiger partial charge on any atom is -0.480 e. The molecule has 7 heteroatoms. The van der Waals surface area contributed by atoms with Gasteiger partial charge in [0.05, 0.1) is 0 Å². The van der Waals surface area contributed by atoms with Crippen LogP contribution in [-0.4, -0.2) is 53.2 Å². The van der Waals surface area contributed by atoms with E-state index in [1.54, 1.807) is 13.8 Å². The number of hydrogen-bond donors (Lipinski definition) is 2. The van der Waals surface area contributed by atoms with Gasteiger partial charge in [0.2, 0.25) is 5.91 Å². The molecule has 0 bridgehead atoms. The summed E-state index contributed by atoms with van der Waals surface area (Å²) < 4.78 is 5.58. The summed E-state index contributed by atoms with van der Waals surface area (Å²) in [5.41, 5.74) is 4.49. The Morgan fingerprint density at radius 2 is 1.61 bits per heavy atom. The number of hydrogen-bond acceptors (Lipinski definition) is 4. The van der Waals surface area contributed by atoms with Gasteiger partial charge in [-0.3, -0.25) is 9.59 Å². The maximum atomic E-state index is 13.0. The third-order valence-corrected chi connectivity index (χ3v) is 5.99. The molecule has 2 aromatic carbocycles. The highest BCUT2D eigenvalue weighted by Crippen LogP contribution is 2.44. The van der Waals surface area contributed by atoms with Crippen molar-refractivity contribution in [2.45, 2.75) is 58.0 Å². The van der Waals surface area contributed by atoms with Crippen LogP contribution in [0.1, 0.15) is 57.1 Å². The van der Waals surface area contributed by atoms with E-state index in [1.165, 1.54) is 4.90 Å². The van der Waals surface area contributed by atoms with E-state index in [2.05, 4.69) is 17.4 Å². The van der Waals surface area contributed by atoms with Crippen LogP contribution in [0.15, 0.2) is 48.5 Å². The van der Waals surface area contributed by atoms with Crippen LogP contribution in [0.4, 0.5) is 4.79 Å². The zero-order valence-electron chi connectivity index (χ0n) is 19.4. The van der Waals surface area contributed by atoms with Crippen LogP contribution < -0.4 is 5.32 Å². The van der Waals surface area contributed by atoms with Crippen molar-refractivity contribution in [3.05, 3.63) is 59.7 Å². The monoisotopic (exact) mass is 452 g/mol. The van der Waals surface area contributed by atoms with Crippen molar-refractivity contribution < 1.29 is 24.2 Å². The van der Waals surface area contributed by atoms with Gasteiger partial charge < -0.3 is 20.1 Å². The Labute approximate surface area is 194 Å². The highest BCUT2D eigenvalue weighted by atomic mass is 16.5. The van der Waals surface area contributed by atoms with Gasteiger partial charge in [0.1, 0.15) is 19.2 Å². The van der Waals surface area contributed by atoms with E-state index in [-0.39, 0.29) is 18.6 Å². The molecule has 0 unspecified atom stereocenters. The fourth-order valence-corrected chi connectivity index (χ4v) is 4.31. The Hall–Kier alpha value is -3.35. The number of rotatable bonds is 10. The van der Waals surface area contributed by atoms with Crippen molar-refractivity contribution in [1.82, 2.24) is 10.2 Å². The third kappa shape index (κ3) is 5.72. The lowest BCUT2D eigenvalue weighted by Gasteiger charge is -2.29. The molecule has 3 rings (SSSR count). The summed E-state index contributed by atoms with van der Waals surface area (Å²) in [5.74, 6) is -1.58. The van der Waals surface area contributed by atoms with Crippen LogP contribution in [0.3, 0.4) is 0 Å². The Kier molecular flexibility index (Phi) is 8.09. The number of alkyl carbamates (subject to hydrolysis) is 1. The molecule has 1 aliphatic carbocycles. The summed E-state index contributed by atoms with van der Waals surface area (Å²) in [5, 5.41) is 11.9. The molecule has 2 amide bonds. The predicted octanol–water partition coefficient (Wildman–Crippen LogP) is 4.41. The Bertz CT molecular complexity index is 958. The zero-order valence-corrected chi connectivity index (χ0v) is 19.4.